The molecule has 0 saturated carbocycles. The van der Waals surface area contributed by atoms with E-state index >= 15 is 0 Å². The van der Waals surface area contributed by atoms with Crippen molar-refractivity contribution in [2.45, 2.75) is 51.3 Å². The molecule has 0 bridgehead atoms. The van der Waals surface area contributed by atoms with Gasteiger partial charge in [-0.15, -0.1) is 0 Å². The summed E-state index contributed by atoms with van der Waals surface area (Å²) in [5.41, 5.74) is 3.18. The van der Waals surface area contributed by atoms with Crippen LogP contribution in [-0.4, -0.2) is 36.3 Å². The lowest BCUT2D eigenvalue weighted by atomic mass is 9.90. The molecule has 5 heteroatoms. The van der Waals surface area contributed by atoms with E-state index in [4.69, 9.17) is 18.9 Å². The third kappa shape index (κ3) is 6.73. The predicted octanol–water partition coefficient (Wildman–Crippen LogP) is 4.73. The third-order valence-electron chi connectivity index (χ3n) is 5.97. The molecule has 0 unspecified atom stereocenters. The first kappa shape index (κ1) is 23.6. The molecule has 0 radical (unpaired) electrons. The summed E-state index contributed by atoms with van der Waals surface area (Å²) in [4.78, 5) is 0. The molecule has 1 aliphatic rings. The highest BCUT2D eigenvalue weighted by Crippen LogP contribution is 2.30. The first-order valence-electron chi connectivity index (χ1n) is 11.5. The maximum atomic E-state index is 11.1. The van der Waals surface area contributed by atoms with Gasteiger partial charge in [-0.05, 0) is 16.7 Å². The van der Waals surface area contributed by atoms with Gasteiger partial charge in [0.2, 0.25) is 0 Å². The Morgan fingerprint density at radius 1 is 0.697 bits per heavy atom. The van der Waals surface area contributed by atoms with E-state index in [1.165, 1.54) is 0 Å². The van der Waals surface area contributed by atoms with Crippen LogP contribution >= 0.6 is 0 Å². The topological polar surface area (TPSA) is 57.2 Å². The summed E-state index contributed by atoms with van der Waals surface area (Å²) in [6.07, 6.45) is -2.41. The molecule has 0 spiro atoms. The van der Waals surface area contributed by atoms with Crippen LogP contribution in [0.5, 0.6) is 0 Å². The van der Waals surface area contributed by atoms with Crippen molar-refractivity contribution in [1.82, 2.24) is 0 Å². The van der Waals surface area contributed by atoms with Crippen LogP contribution in [0.2, 0.25) is 0 Å². The van der Waals surface area contributed by atoms with E-state index in [-0.39, 0.29) is 12.0 Å². The molecule has 1 saturated heterocycles. The highest BCUT2D eigenvalue weighted by Gasteiger charge is 2.44. The van der Waals surface area contributed by atoms with Gasteiger partial charge < -0.3 is 24.1 Å². The molecule has 174 valence electrons. The Morgan fingerprint density at radius 2 is 1.18 bits per heavy atom. The second-order valence-corrected chi connectivity index (χ2v) is 8.45. The zero-order valence-electron chi connectivity index (χ0n) is 19.0. The van der Waals surface area contributed by atoms with Gasteiger partial charge in [-0.1, -0.05) is 97.9 Å². The van der Waals surface area contributed by atoms with E-state index in [1.807, 2.05) is 97.9 Å². The Hall–Kier alpha value is -2.54. The van der Waals surface area contributed by atoms with Crippen LogP contribution in [0.4, 0.5) is 0 Å². The van der Waals surface area contributed by atoms with Gasteiger partial charge in [0.15, 0.2) is 6.29 Å². The van der Waals surface area contributed by atoms with Crippen LogP contribution in [0.1, 0.15) is 23.6 Å². The molecule has 5 atom stereocenters. The number of aliphatic hydroxyl groups excluding tert-OH is 1. The minimum atomic E-state index is -0.905. The standard InChI is InChI=1S/C28H32O5/c1-21-25(20-30-17-22-11-5-2-6-12-22)33-28(32-19-24-15-9-4-10-16-24)26(29)27(21)31-18-23-13-7-3-8-14-23/h2-16,21,25-29H,17-20H2,1H3/t21-,25+,26+,27+,28+/m1/s1. The van der Waals surface area contributed by atoms with E-state index in [1.54, 1.807) is 0 Å². The molecular formula is C28H32O5. The second kappa shape index (κ2) is 12.1. The maximum absolute atomic E-state index is 11.1. The largest absolute Gasteiger partial charge is 0.385 e. The zero-order valence-corrected chi connectivity index (χ0v) is 19.0. The van der Waals surface area contributed by atoms with Gasteiger partial charge in [0, 0.05) is 5.92 Å². The van der Waals surface area contributed by atoms with Crippen molar-refractivity contribution in [3.05, 3.63) is 108 Å². The van der Waals surface area contributed by atoms with Crippen molar-refractivity contribution in [3.63, 3.8) is 0 Å². The summed E-state index contributed by atoms with van der Waals surface area (Å²) in [5.74, 6) is -0.0731. The number of benzene rings is 3. The molecule has 0 aromatic heterocycles. The highest BCUT2D eigenvalue weighted by atomic mass is 16.7. The van der Waals surface area contributed by atoms with Gasteiger partial charge >= 0.3 is 0 Å². The van der Waals surface area contributed by atoms with E-state index in [9.17, 15) is 5.11 Å². The predicted molar refractivity (Wildman–Crippen MR) is 126 cm³/mol. The van der Waals surface area contributed by atoms with Gasteiger partial charge in [0.05, 0.1) is 38.6 Å². The van der Waals surface area contributed by atoms with E-state index in [0.29, 0.717) is 26.4 Å². The Balaban J connectivity index is 1.41. The SMILES string of the molecule is C[C@H]1[C@H](OCc2ccccc2)[C@H](O)[C@@H](OCc2ccccc2)O[C@H]1COCc1ccccc1. The maximum Gasteiger partial charge on any atom is 0.186 e. The Bertz CT molecular complexity index is 934. The summed E-state index contributed by atoms with van der Waals surface area (Å²) >= 11 is 0. The minimum Gasteiger partial charge on any atom is -0.385 e. The molecule has 1 aliphatic heterocycles. The fraction of sp³-hybridized carbons (Fsp3) is 0.357. The van der Waals surface area contributed by atoms with Crippen molar-refractivity contribution >= 4 is 0 Å². The van der Waals surface area contributed by atoms with Crippen LogP contribution in [0.15, 0.2) is 91.0 Å². The lowest BCUT2D eigenvalue weighted by Crippen LogP contribution is -2.56. The van der Waals surface area contributed by atoms with Gasteiger partial charge in [-0.25, -0.2) is 0 Å². The van der Waals surface area contributed by atoms with Gasteiger partial charge in [0.25, 0.3) is 0 Å². The summed E-state index contributed by atoms with van der Waals surface area (Å²) in [6.45, 7) is 3.68. The molecule has 4 rings (SSSR count). The Labute approximate surface area is 195 Å². The Morgan fingerprint density at radius 3 is 1.73 bits per heavy atom. The van der Waals surface area contributed by atoms with Gasteiger partial charge in [-0.3, -0.25) is 0 Å². The van der Waals surface area contributed by atoms with Crippen molar-refractivity contribution < 1.29 is 24.1 Å². The van der Waals surface area contributed by atoms with Crippen LogP contribution in [0.25, 0.3) is 0 Å². The summed E-state index contributed by atoms with van der Waals surface area (Å²) in [5, 5.41) is 11.1. The second-order valence-electron chi connectivity index (χ2n) is 8.45. The highest BCUT2D eigenvalue weighted by molar-refractivity contribution is 5.15. The Kier molecular flexibility index (Phi) is 8.64. The van der Waals surface area contributed by atoms with Crippen LogP contribution < -0.4 is 0 Å². The van der Waals surface area contributed by atoms with Crippen molar-refractivity contribution in [1.29, 1.82) is 0 Å². The van der Waals surface area contributed by atoms with Crippen LogP contribution in [-0.2, 0) is 38.8 Å². The number of ether oxygens (including phenoxy) is 4. The van der Waals surface area contributed by atoms with Crippen molar-refractivity contribution in [2.75, 3.05) is 6.61 Å². The molecule has 3 aromatic carbocycles. The summed E-state index contributed by atoms with van der Waals surface area (Å²) < 4.78 is 24.3. The number of aliphatic hydroxyl groups is 1. The first-order chi connectivity index (χ1) is 16.2. The molecule has 0 amide bonds. The normalized spacial score (nSPS) is 25.1. The fourth-order valence-electron chi connectivity index (χ4n) is 4.02. The molecule has 33 heavy (non-hydrogen) atoms. The van der Waals surface area contributed by atoms with Gasteiger partial charge in [0.1, 0.15) is 6.10 Å². The van der Waals surface area contributed by atoms with Crippen molar-refractivity contribution in [2.24, 2.45) is 5.92 Å². The monoisotopic (exact) mass is 448 g/mol. The van der Waals surface area contributed by atoms with E-state index in [2.05, 4.69) is 0 Å². The molecule has 5 nitrogen and oxygen atoms in total. The van der Waals surface area contributed by atoms with E-state index < -0.39 is 18.5 Å². The lowest BCUT2D eigenvalue weighted by molar-refractivity contribution is -0.301. The number of hydrogen-bond donors (Lipinski definition) is 1. The lowest BCUT2D eigenvalue weighted by Gasteiger charge is -2.43. The van der Waals surface area contributed by atoms with Crippen LogP contribution in [0, 0.1) is 5.92 Å². The first-order valence-corrected chi connectivity index (χ1v) is 11.5. The molecule has 1 heterocycles. The molecular weight excluding hydrogens is 416 g/mol. The van der Waals surface area contributed by atoms with Crippen LogP contribution in [0.3, 0.4) is 0 Å². The minimum absolute atomic E-state index is 0.0731. The molecule has 1 N–H and O–H groups in total. The number of hydrogen-bond acceptors (Lipinski definition) is 5. The average Bonchev–Trinajstić information content (AvgIpc) is 2.86. The quantitative estimate of drug-likeness (QED) is 0.486. The van der Waals surface area contributed by atoms with Gasteiger partial charge in [-0.2, -0.15) is 0 Å². The molecule has 1 fully saturated rings. The third-order valence-corrected chi connectivity index (χ3v) is 5.97. The zero-order chi connectivity index (χ0) is 22.9. The molecule has 0 aliphatic carbocycles. The average molecular weight is 449 g/mol. The van der Waals surface area contributed by atoms with E-state index in [0.717, 1.165) is 16.7 Å². The summed E-state index contributed by atoms with van der Waals surface area (Å²) in [6, 6.07) is 29.9. The summed E-state index contributed by atoms with van der Waals surface area (Å²) in [7, 11) is 0. The fourth-order valence-corrected chi connectivity index (χ4v) is 4.02. The molecule has 3 aromatic rings. The number of rotatable bonds is 10. The smallest absolute Gasteiger partial charge is 0.186 e. The van der Waals surface area contributed by atoms with Crippen molar-refractivity contribution in [3.8, 4) is 0 Å².